The summed E-state index contributed by atoms with van der Waals surface area (Å²) in [6.45, 7) is 0. The number of methoxy groups -OCH3 is 1. The number of benzene rings is 1. The third-order valence-corrected chi connectivity index (χ3v) is 2.38. The molecule has 0 aliphatic heterocycles. The number of para-hydroxylation sites is 1. The van der Waals surface area contributed by atoms with Gasteiger partial charge in [-0.2, -0.15) is 9.97 Å². The average molecular weight is 251 g/mol. The second kappa shape index (κ2) is 4.97. The van der Waals surface area contributed by atoms with Gasteiger partial charge in [0.1, 0.15) is 11.6 Å². The van der Waals surface area contributed by atoms with E-state index in [1.807, 2.05) is 24.3 Å². The Bertz CT molecular complexity index is 512. The molecule has 2 N–H and O–H groups in total. The van der Waals surface area contributed by atoms with Crippen LogP contribution in [0.1, 0.15) is 11.4 Å². The summed E-state index contributed by atoms with van der Waals surface area (Å²) >= 11 is 5.72. The summed E-state index contributed by atoms with van der Waals surface area (Å²) in [7, 11) is 1.62. The molecule has 0 saturated heterocycles. The summed E-state index contributed by atoms with van der Waals surface area (Å²) in [6, 6.07) is 7.63. The lowest BCUT2D eigenvalue weighted by molar-refractivity contribution is 0.410. The standard InChI is InChI=1S/C11H11ClN4O/c1-17-8-5-3-2-4-7(8)6-9-14-10(12)16-11(13)15-9/h2-5H,6H2,1H3,(H2,13,14,15,16). The highest BCUT2D eigenvalue weighted by molar-refractivity contribution is 6.28. The van der Waals surface area contributed by atoms with E-state index >= 15 is 0 Å². The van der Waals surface area contributed by atoms with Crippen molar-refractivity contribution in [3.63, 3.8) is 0 Å². The Morgan fingerprint density at radius 2 is 2.00 bits per heavy atom. The maximum Gasteiger partial charge on any atom is 0.227 e. The summed E-state index contributed by atoms with van der Waals surface area (Å²) < 4.78 is 5.24. The number of hydrogen-bond donors (Lipinski definition) is 1. The van der Waals surface area contributed by atoms with Crippen LogP contribution in [0.15, 0.2) is 24.3 Å². The van der Waals surface area contributed by atoms with Gasteiger partial charge in [0.15, 0.2) is 0 Å². The van der Waals surface area contributed by atoms with Crippen LogP contribution in [0.4, 0.5) is 5.95 Å². The minimum atomic E-state index is 0.0994. The first-order valence-electron chi connectivity index (χ1n) is 4.97. The molecular formula is C11H11ClN4O. The summed E-state index contributed by atoms with van der Waals surface area (Å²) in [5, 5.41) is 0.0994. The van der Waals surface area contributed by atoms with Crippen LogP contribution in [0, 0.1) is 0 Å². The van der Waals surface area contributed by atoms with Gasteiger partial charge in [-0.1, -0.05) is 18.2 Å². The van der Waals surface area contributed by atoms with E-state index in [2.05, 4.69) is 15.0 Å². The van der Waals surface area contributed by atoms with Crippen LogP contribution in [-0.4, -0.2) is 22.1 Å². The predicted molar refractivity (Wildman–Crippen MR) is 65.0 cm³/mol. The number of rotatable bonds is 3. The van der Waals surface area contributed by atoms with Gasteiger partial charge in [-0.3, -0.25) is 0 Å². The molecule has 0 fully saturated rings. The summed E-state index contributed by atoms with van der Waals surface area (Å²) in [5.41, 5.74) is 6.47. The number of ether oxygens (including phenoxy) is 1. The average Bonchev–Trinajstić information content (AvgIpc) is 2.28. The molecule has 0 aliphatic carbocycles. The van der Waals surface area contributed by atoms with Gasteiger partial charge in [0, 0.05) is 12.0 Å². The van der Waals surface area contributed by atoms with E-state index in [-0.39, 0.29) is 11.2 Å². The van der Waals surface area contributed by atoms with Crippen molar-refractivity contribution in [1.82, 2.24) is 15.0 Å². The van der Waals surface area contributed by atoms with Crippen molar-refractivity contribution in [2.75, 3.05) is 12.8 Å². The first-order chi connectivity index (χ1) is 8.19. The normalized spacial score (nSPS) is 10.2. The Morgan fingerprint density at radius 1 is 1.24 bits per heavy atom. The zero-order valence-electron chi connectivity index (χ0n) is 9.22. The lowest BCUT2D eigenvalue weighted by atomic mass is 10.1. The van der Waals surface area contributed by atoms with Crippen molar-refractivity contribution >= 4 is 17.5 Å². The molecule has 1 heterocycles. The zero-order chi connectivity index (χ0) is 12.3. The minimum Gasteiger partial charge on any atom is -0.496 e. The van der Waals surface area contributed by atoms with Crippen molar-refractivity contribution in [3.05, 3.63) is 40.9 Å². The number of hydrogen-bond acceptors (Lipinski definition) is 5. The molecule has 0 spiro atoms. The molecule has 0 amide bonds. The highest BCUT2D eigenvalue weighted by Gasteiger charge is 2.07. The summed E-state index contributed by atoms with van der Waals surface area (Å²) in [6.07, 6.45) is 0.496. The summed E-state index contributed by atoms with van der Waals surface area (Å²) in [5.74, 6) is 1.42. The van der Waals surface area contributed by atoms with Crippen LogP contribution in [0.25, 0.3) is 0 Å². The number of anilines is 1. The van der Waals surface area contributed by atoms with Crippen LogP contribution in [-0.2, 0) is 6.42 Å². The van der Waals surface area contributed by atoms with Gasteiger partial charge in [0.25, 0.3) is 0 Å². The van der Waals surface area contributed by atoms with Gasteiger partial charge >= 0.3 is 0 Å². The number of halogens is 1. The quantitative estimate of drug-likeness (QED) is 0.898. The second-order valence-electron chi connectivity index (χ2n) is 3.37. The lowest BCUT2D eigenvalue weighted by Gasteiger charge is -2.07. The van der Waals surface area contributed by atoms with Crippen molar-refractivity contribution in [3.8, 4) is 5.75 Å². The molecule has 1 aromatic heterocycles. The fraction of sp³-hybridized carbons (Fsp3) is 0.182. The molecule has 6 heteroatoms. The van der Waals surface area contributed by atoms with Crippen LogP contribution in [0.2, 0.25) is 5.28 Å². The smallest absolute Gasteiger partial charge is 0.227 e. The zero-order valence-corrected chi connectivity index (χ0v) is 9.98. The molecule has 0 saturated carbocycles. The number of aromatic nitrogens is 3. The Hall–Kier alpha value is -1.88. The Morgan fingerprint density at radius 3 is 2.71 bits per heavy atom. The van der Waals surface area contributed by atoms with E-state index in [0.717, 1.165) is 11.3 Å². The molecule has 0 aliphatic rings. The van der Waals surface area contributed by atoms with Gasteiger partial charge in [-0.15, -0.1) is 0 Å². The molecule has 5 nitrogen and oxygen atoms in total. The van der Waals surface area contributed by atoms with Crippen LogP contribution < -0.4 is 10.5 Å². The van der Waals surface area contributed by atoms with Gasteiger partial charge < -0.3 is 10.5 Å². The number of nitrogens with two attached hydrogens (primary N) is 1. The third kappa shape index (κ3) is 2.82. The van der Waals surface area contributed by atoms with Crippen LogP contribution in [0.5, 0.6) is 5.75 Å². The molecule has 2 aromatic rings. The Kier molecular flexibility index (Phi) is 3.39. The molecule has 2 rings (SSSR count). The topological polar surface area (TPSA) is 73.9 Å². The highest BCUT2D eigenvalue weighted by Crippen LogP contribution is 2.20. The molecular weight excluding hydrogens is 240 g/mol. The van der Waals surface area contributed by atoms with Gasteiger partial charge in [-0.25, -0.2) is 4.98 Å². The van der Waals surface area contributed by atoms with Gasteiger partial charge in [0.05, 0.1) is 7.11 Å². The number of nitrogens with zero attached hydrogens (tertiary/aromatic N) is 3. The Balaban J connectivity index is 2.31. The van der Waals surface area contributed by atoms with E-state index in [1.54, 1.807) is 7.11 Å². The molecule has 17 heavy (non-hydrogen) atoms. The van der Waals surface area contributed by atoms with E-state index in [1.165, 1.54) is 0 Å². The molecule has 88 valence electrons. The van der Waals surface area contributed by atoms with Crippen molar-refractivity contribution < 1.29 is 4.74 Å². The SMILES string of the molecule is COc1ccccc1Cc1nc(N)nc(Cl)n1. The van der Waals surface area contributed by atoms with Crippen molar-refractivity contribution in [2.24, 2.45) is 0 Å². The van der Waals surface area contributed by atoms with Crippen molar-refractivity contribution in [1.29, 1.82) is 0 Å². The van der Waals surface area contributed by atoms with Crippen molar-refractivity contribution in [2.45, 2.75) is 6.42 Å². The molecule has 0 bridgehead atoms. The maximum absolute atomic E-state index is 5.72. The number of nitrogen functional groups attached to an aromatic ring is 1. The lowest BCUT2D eigenvalue weighted by Crippen LogP contribution is -2.04. The first-order valence-corrected chi connectivity index (χ1v) is 5.34. The second-order valence-corrected chi connectivity index (χ2v) is 3.71. The first kappa shape index (κ1) is 11.6. The molecule has 0 unspecified atom stereocenters. The molecule has 0 radical (unpaired) electrons. The van der Waals surface area contributed by atoms with E-state index in [9.17, 15) is 0 Å². The largest absolute Gasteiger partial charge is 0.496 e. The minimum absolute atomic E-state index is 0.0994. The maximum atomic E-state index is 5.72. The van der Waals surface area contributed by atoms with E-state index < -0.39 is 0 Å². The van der Waals surface area contributed by atoms with Gasteiger partial charge in [0.2, 0.25) is 11.2 Å². The molecule has 1 aromatic carbocycles. The fourth-order valence-electron chi connectivity index (χ4n) is 1.51. The van der Waals surface area contributed by atoms with E-state index in [4.69, 9.17) is 22.1 Å². The van der Waals surface area contributed by atoms with Gasteiger partial charge in [-0.05, 0) is 17.7 Å². The monoisotopic (exact) mass is 250 g/mol. The highest BCUT2D eigenvalue weighted by atomic mass is 35.5. The van der Waals surface area contributed by atoms with Crippen LogP contribution >= 0.6 is 11.6 Å². The van der Waals surface area contributed by atoms with E-state index in [0.29, 0.717) is 12.2 Å². The Labute approximate surface area is 104 Å². The molecule has 0 atom stereocenters. The third-order valence-electron chi connectivity index (χ3n) is 2.21. The summed E-state index contributed by atoms with van der Waals surface area (Å²) in [4.78, 5) is 11.7. The van der Waals surface area contributed by atoms with Crippen LogP contribution in [0.3, 0.4) is 0 Å². The fourth-order valence-corrected chi connectivity index (χ4v) is 1.69. The predicted octanol–water partition coefficient (Wildman–Crippen LogP) is 1.71.